The van der Waals surface area contributed by atoms with Crippen LogP contribution in [-0.2, 0) is 23.1 Å². The minimum Gasteiger partial charge on any atom is -0.489 e. The number of hydrogen-bond acceptors (Lipinski definition) is 8. The van der Waals surface area contributed by atoms with Crippen molar-refractivity contribution < 1.29 is 23.1 Å². The Balaban J connectivity index is 0.932. The van der Waals surface area contributed by atoms with Gasteiger partial charge in [-0.1, -0.05) is 6.07 Å². The van der Waals surface area contributed by atoms with E-state index in [1.54, 1.807) is 30.8 Å². The highest BCUT2D eigenvalue weighted by Gasteiger charge is 2.35. The third kappa shape index (κ3) is 6.19. The Hall–Kier alpha value is -5.72. The molecule has 3 aromatic carbocycles. The molecule has 0 spiro atoms. The molecule has 2 amide bonds. The molecule has 1 unspecified atom stereocenters. The topological polar surface area (TPSA) is 105 Å². The number of nitrogens with one attached hydrogen (secondary N) is 1. The molecule has 0 radical (unpaired) electrons. The van der Waals surface area contributed by atoms with Crippen LogP contribution in [0.25, 0.3) is 22.0 Å². The summed E-state index contributed by atoms with van der Waals surface area (Å²) in [4.78, 5) is 43.5. The fourth-order valence-electron chi connectivity index (χ4n) is 8.99. The molecule has 1 N–H and O–H groups in total. The lowest BCUT2D eigenvalue weighted by Crippen LogP contribution is -2.54. The molecule has 11 nitrogen and oxygen atoms in total. The summed E-state index contributed by atoms with van der Waals surface area (Å²) in [5.74, 6) is 0.242. The average molecular weight is 748 g/mol. The van der Waals surface area contributed by atoms with Crippen LogP contribution < -0.4 is 30.3 Å². The molecule has 2 fully saturated rings. The van der Waals surface area contributed by atoms with Crippen molar-refractivity contribution in [1.82, 2.24) is 19.7 Å². The molecule has 13 heteroatoms. The van der Waals surface area contributed by atoms with Crippen LogP contribution in [0, 0.1) is 6.92 Å². The number of hydrogen-bond donors (Lipinski definition) is 1. The first kappa shape index (κ1) is 35.0. The number of nitrogens with zero attached hydrogens (tertiary/aromatic N) is 6. The second-order valence-electron chi connectivity index (χ2n) is 15.1. The van der Waals surface area contributed by atoms with E-state index in [1.807, 2.05) is 58.2 Å². The van der Waals surface area contributed by atoms with Crippen LogP contribution in [0.2, 0.25) is 0 Å². The van der Waals surface area contributed by atoms with Crippen LogP contribution in [0.4, 0.5) is 31.5 Å². The molecule has 0 aliphatic carbocycles. The van der Waals surface area contributed by atoms with Gasteiger partial charge in [-0.05, 0) is 92.6 Å². The van der Waals surface area contributed by atoms with Gasteiger partial charge in [-0.25, -0.2) is 8.78 Å². The van der Waals surface area contributed by atoms with Gasteiger partial charge in [0, 0.05) is 78.8 Å². The first-order valence-electron chi connectivity index (χ1n) is 19.1. The Bertz CT molecular complexity index is 2400. The summed E-state index contributed by atoms with van der Waals surface area (Å²) in [5.41, 5.74) is 7.16. The number of amides is 2. The van der Waals surface area contributed by atoms with E-state index in [-0.39, 0.29) is 29.0 Å². The zero-order chi connectivity index (χ0) is 38.0. The van der Waals surface area contributed by atoms with Crippen molar-refractivity contribution in [3.8, 4) is 16.9 Å². The predicted octanol–water partition coefficient (Wildman–Crippen LogP) is 6.58. The number of carbonyl (C=O) groups is 2. The Morgan fingerprint density at radius 2 is 1.75 bits per heavy atom. The van der Waals surface area contributed by atoms with Gasteiger partial charge in [-0.3, -0.25) is 24.4 Å². The van der Waals surface area contributed by atoms with Gasteiger partial charge in [0.1, 0.15) is 18.4 Å². The lowest BCUT2D eigenvalue weighted by molar-refractivity contribution is -0.134. The Morgan fingerprint density at radius 3 is 2.55 bits per heavy atom. The van der Waals surface area contributed by atoms with Crippen molar-refractivity contribution >= 4 is 45.5 Å². The van der Waals surface area contributed by atoms with Gasteiger partial charge in [0.2, 0.25) is 11.8 Å². The number of alkyl halides is 2. The first-order chi connectivity index (χ1) is 26.6. The Kier molecular flexibility index (Phi) is 8.82. The van der Waals surface area contributed by atoms with Crippen LogP contribution in [0.5, 0.6) is 5.75 Å². The highest BCUT2D eigenvalue weighted by Crippen LogP contribution is 2.44. The lowest BCUT2D eigenvalue weighted by Gasteiger charge is -2.39. The number of carbonyl (C=O) groups excluding carboxylic acids is 2. The predicted molar refractivity (Wildman–Crippen MR) is 208 cm³/mol. The fourth-order valence-corrected chi connectivity index (χ4v) is 8.99. The number of aryl methyl sites for hydroxylation is 3. The molecule has 1 atom stereocenters. The standard InChI is InChI=1S/C42H43F2N7O4/c1-25-19-32-33(47(2)42(25)54)6-3-7-34(32)49-14-4-5-26-20-30(31(40(43)44)22-37(26)49)27-23-45-51(24-27)28-12-15-48(16-13-28)29-8-9-35-38(21-29)55-18-17-50(35)36-10-11-39(52)46-41(36)53/h3,6-9,19-24,28,36,40H,4-5,10-18H2,1-2H3,(H,46,52,53). The molecule has 55 heavy (non-hydrogen) atoms. The maximum atomic E-state index is 14.9. The van der Waals surface area contributed by atoms with Gasteiger partial charge < -0.3 is 24.0 Å². The summed E-state index contributed by atoms with van der Waals surface area (Å²) in [5, 5.41) is 8.09. The van der Waals surface area contributed by atoms with Gasteiger partial charge in [0.15, 0.2) is 0 Å². The number of anilines is 4. The summed E-state index contributed by atoms with van der Waals surface area (Å²) < 4.78 is 39.4. The quantitative estimate of drug-likeness (QED) is 0.195. The number of benzene rings is 3. The van der Waals surface area contributed by atoms with Gasteiger partial charge in [0.25, 0.3) is 12.0 Å². The molecule has 0 saturated carbocycles. The number of aromatic nitrogens is 3. The highest BCUT2D eigenvalue weighted by atomic mass is 19.3. The van der Waals surface area contributed by atoms with Crippen LogP contribution >= 0.6 is 0 Å². The van der Waals surface area contributed by atoms with E-state index >= 15 is 0 Å². The second kappa shape index (κ2) is 13.8. The second-order valence-corrected chi connectivity index (χ2v) is 15.1. The smallest absolute Gasteiger partial charge is 0.264 e. The van der Waals surface area contributed by atoms with Crippen LogP contribution in [0.1, 0.15) is 61.3 Å². The van der Waals surface area contributed by atoms with Crippen molar-refractivity contribution in [2.75, 3.05) is 47.5 Å². The third-order valence-electron chi connectivity index (χ3n) is 11.9. The van der Waals surface area contributed by atoms with E-state index in [0.29, 0.717) is 49.2 Å². The molecule has 5 aromatic rings. The van der Waals surface area contributed by atoms with E-state index in [0.717, 1.165) is 83.7 Å². The lowest BCUT2D eigenvalue weighted by atomic mass is 9.92. The summed E-state index contributed by atoms with van der Waals surface area (Å²) in [7, 11) is 1.77. The van der Waals surface area contributed by atoms with Crippen molar-refractivity contribution in [2.45, 2.75) is 64.0 Å². The van der Waals surface area contributed by atoms with Crippen molar-refractivity contribution in [2.24, 2.45) is 7.05 Å². The first-order valence-corrected chi connectivity index (χ1v) is 19.1. The summed E-state index contributed by atoms with van der Waals surface area (Å²) in [6.07, 6.45) is 5.07. The molecule has 0 bridgehead atoms. The van der Waals surface area contributed by atoms with E-state index < -0.39 is 12.5 Å². The van der Waals surface area contributed by atoms with Gasteiger partial charge in [-0.2, -0.15) is 5.10 Å². The molecule has 284 valence electrons. The Morgan fingerprint density at radius 1 is 0.909 bits per heavy atom. The molecule has 4 aliphatic rings. The maximum Gasteiger partial charge on any atom is 0.264 e. The molecule has 6 heterocycles. The highest BCUT2D eigenvalue weighted by molar-refractivity contribution is 6.02. The summed E-state index contributed by atoms with van der Waals surface area (Å²) >= 11 is 0. The number of rotatable bonds is 6. The molecular formula is C42H43F2N7O4. The molecule has 2 aromatic heterocycles. The zero-order valence-corrected chi connectivity index (χ0v) is 30.9. The van der Waals surface area contributed by atoms with Gasteiger partial charge in [-0.15, -0.1) is 0 Å². The normalized spacial score (nSPS) is 19.1. The van der Waals surface area contributed by atoms with Crippen LogP contribution in [-0.4, -0.2) is 65.0 Å². The van der Waals surface area contributed by atoms with Crippen LogP contribution in [0.3, 0.4) is 0 Å². The maximum absolute atomic E-state index is 14.9. The van der Waals surface area contributed by atoms with E-state index in [2.05, 4.69) is 21.2 Å². The van der Waals surface area contributed by atoms with E-state index in [1.165, 1.54) is 0 Å². The minimum atomic E-state index is -2.68. The zero-order valence-electron chi connectivity index (χ0n) is 30.9. The largest absolute Gasteiger partial charge is 0.489 e. The summed E-state index contributed by atoms with van der Waals surface area (Å²) in [6.45, 7) is 5.10. The fraction of sp³-hybridized carbons (Fsp3) is 0.381. The van der Waals surface area contributed by atoms with Crippen LogP contribution in [0.15, 0.2) is 71.8 Å². The number of fused-ring (bicyclic) bond motifs is 3. The number of ether oxygens (including phenoxy) is 1. The van der Waals surface area contributed by atoms with Crippen molar-refractivity contribution in [3.05, 3.63) is 94.0 Å². The minimum absolute atomic E-state index is 0.0189. The molecular weight excluding hydrogens is 705 g/mol. The molecule has 4 aliphatic heterocycles. The number of pyridine rings is 1. The van der Waals surface area contributed by atoms with E-state index in [4.69, 9.17) is 9.84 Å². The van der Waals surface area contributed by atoms with E-state index in [9.17, 15) is 23.2 Å². The van der Waals surface area contributed by atoms with Gasteiger partial charge in [0.05, 0.1) is 35.7 Å². The Labute approximate surface area is 317 Å². The third-order valence-corrected chi connectivity index (χ3v) is 11.9. The number of halogens is 2. The SMILES string of the molecule is Cc1cc2c(N3CCCc4cc(-c5cnn(C6CCN(c7ccc8c(c7)OCCN8C7CCC(=O)NC7=O)CC6)c5)c(C(F)F)cc43)cccc2n(C)c1=O. The van der Waals surface area contributed by atoms with Crippen molar-refractivity contribution in [3.63, 3.8) is 0 Å². The van der Waals surface area contributed by atoms with Crippen molar-refractivity contribution in [1.29, 1.82) is 0 Å². The summed E-state index contributed by atoms with van der Waals surface area (Å²) in [6, 6.07) is 17.2. The van der Waals surface area contributed by atoms with Gasteiger partial charge >= 0.3 is 0 Å². The number of imide groups is 1. The molecule has 9 rings (SSSR count). The average Bonchev–Trinajstić information content (AvgIpc) is 3.69. The monoisotopic (exact) mass is 747 g/mol. The molecule has 2 saturated heterocycles. The number of piperidine rings is 2.